The van der Waals surface area contributed by atoms with Gasteiger partial charge in [-0.2, -0.15) is 0 Å². The van der Waals surface area contributed by atoms with Crippen LogP contribution in [0, 0.1) is 0 Å². The highest BCUT2D eigenvalue weighted by atomic mass is 79.9. The van der Waals surface area contributed by atoms with Crippen LogP contribution in [0.4, 0.5) is 11.4 Å². The summed E-state index contributed by atoms with van der Waals surface area (Å²) in [5.74, 6) is -0.267. The molecule has 0 saturated carbocycles. The van der Waals surface area contributed by atoms with Crippen molar-refractivity contribution in [1.82, 2.24) is 4.98 Å². The number of hydrogen-bond donors (Lipinski definition) is 2. The number of carbonyl (C=O) groups is 1. The lowest BCUT2D eigenvalue weighted by Gasteiger charge is -2.08. The number of nitrogen functional groups attached to an aromatic ring is 1. The third-order valence-electron chi connectivity index (χ3n) is 2.28. The number of hydrogen-bond acceptors (Lipinski definition) is 3. The first-order valence-corrected chi connectivity index (χ1v) is 6.21. The Labute approximate surface area is 117 Å². The molecule has 2 aromatic rings. The molecule has 1 aromatic carbocycles. The Morgan fingerprint density at radius 3 is 2.83 bits per heavy atom. The lowest BCUT2D eigenvalue weighted by atomic mass is 10.2. The molecule has 0 aliphatic carbocycles. The highest BCUT2D eigenvalue weighted by Crippen LogP contribution is 2.23. The molecule has 0 fully saturated rings. The van der Waals surface area contributed by atoms with Crippen molar-refractivity contribution in [1.29, 1.82) is 0 Å². The number of rotatable bonds is 2. The highest BCUT2D eigenvalue weighted by molar-refractivity contribution is 9.10. The minimum absolute atomic E-state index is 0.267. The largest absolute Gasteiger partial charge is 0.396 e. The topological polar surface area (TPSA) is 68.0 Å². The first-order chi connectivity index (χ1) is 8.58. The molecule has 4 nitrogen and oxygen atoms in total. The van der Waals surface area contributed by atoms with E-state index in [1.165, 1.54) is 6.20 Å². The summed E-state index contributed by atoms with van der Waals surface area (Å²) in [7, 11) is 0. The number of halogens is 2. The number of nitrogens with zero attached hydrogens (tertiary/aromatic N) is 1. The maximum Gasteiger partial charge on any atom is 0.256 e. The number of amides is 1. The van der Waals surface area contributed by atoms with Gasteiger partial charge in [-0.3, -0.25) is 9.78 Å². The van der Waals surface area contributed by atoms with Crippen LogP contribution in [0.2, 0.25) is 5.02 Å². The van der Waals surface area contributed by atoms with Crippen LogP contribution in [-0.4, -0.2) is 10.9 Å². The molecular formula is C12H9BrClN3O. The van der Waals surface area contributed by atoms with E-state index in [4.69, 9.17) is 17.3 Å². The Hall–Kier alpha value is -1.59. The molecule has 0 radical (unpaired) electrons. The molecule has 1 amide bonds. The summed E-state index contributed by atoms with van der Waals surface area (Å²) in [6, 6.07) is 6.58. The van der Waals surface area contributed by atoms with Crippen LogP contribution in [0.5, 0.6) is 0 Å². The van der Waals surface area contributed by atoms with Gasteiger partial charge in [0.1, 0.15) is 0 Å². The van der Waals surface area contributed by atoms with Gasteiger partial charge in [0.25, 0.3) is 5.91 Å². The van der Waals surface area contributed by atoms with Gasteiger partial charge >= 0.3 is 0 Å². The summed E-state index contributed by atoms with van der Waals surface area (Å²) in [6.45, 7) is 0. The molecule has 0 bridgehead atoms. The van der Waals surface area contributed by atoms with Gasteiger partial charge in [-0.1, -0.05) is 11.6 Å². The summed E-state index contributed by atoms with van der Waals surface area (Å²) >= 11 is 9.11. The van der Waals surface area contributed by atoms with E-state index in [0.29, 0.717) is 26.4 Å². The molecule has 1 heterocycles. The third-order valence-corrected chi connectivity index (χ3v) is 3.17. The van der Waals surface area contributed by atoms with Crippen LogP contribution < -0.4 is 11.1 Å². The van der Waals surface area contributed by atoms with Crippen molar-refractivity contribution in [3.63, 3.8) is 0 Å². The summed E-state index contributed by atoms with van der Waals surface area (Å²) in [5.41, 5.74) is 7.12. The van der Waals surface area contributed by atoms with E-state index in [2.05, 4.69) is 26.2 Å². The number of pyridine rings is 1. The number of carbonyl (C=O) groups excluding carboxylic acids is 1. The van der Waals surface area contributed by atoms with Crippen molar-refractivity contribution >= 4 is 44.8 Å². The zero-order chi connectivity index (χ0) is 13.1. The maximum absolute atomic E-state index is 12.0. The predicted octanol–water partition coefficient (Wildman–Crippen LogP) is 3.33. The van der Waals surface area contributed by atoms with E-state index >= 15 is 0 Å². The zero-order valence-corrected chi connectivity index (χ0v) is 11.5. The van der Waals surface area contributed by atoms with E-state index in [9.17, 15) is 4.79 Å². The molecule has 3 N–H and O–H groups in total. The van der Waals surface area contributed by atoms with E-state index in [0.717, 1.165) is 0 Å². The van der Waals surface area contributed by atoms with Crippen LogP contribution >= 0.6 is 27.5 Å². The van der Waals surface area contributed by atoms with Gasteiger partial charge in [-0.25, -0.2) is 0 Å². The smallest absolute Gasteiger partial charge is 0.256 e. The molecule has 0 atom stereocenters. The lowest BCUT2D eigenvalue weighted by molar-refractivity contribution is 0.102. The number of nitrogens with two attached hydrogens (primary N) is 1. The van der Waals surface area contributed by atoms with Gasteiger partial charge in [0, 0.05) is 15.7 Å². The van der Waals surface area contributed by atoms with Crippen LogP contribution in [0.15, 0.2) is 41.1 Å². The maximum atomic E-state index is 12.0. The molecule has 0 saturated heterocycles. The van der Waals surface area contributed by atoms with Crippen molar-refractivity contribution in [2.75, 3.05) is 11.1 Å². The summed E-state index contributed by atoms with van der Waals surface area (Å²) in [4.78, 5) is 15.9. The average molecular weight is 327 g/mol. The Morgan fingerprint density at radius 1 is 1.39 bits per heavy atom. The van der Waals surface area contributed by atoms with Gasteiger partial charge in [0.05, 0.1) is 23.1 Å². The summed E-state index contributed by atoms with van der Waals surface area (Å²) in [5, 5.41) is 3.27. The number of benzene rings is 1. The standard InChI is InChI=1S/C12H9BrClN3O/c13-9-5-7(14)1-2-8(9)12(18)17-11-3-4-16-6-10(11)15/h1-6H,15H2,(H,16,17,18). The third kappa shape index (κ3) is 2.80. The van der Waals surface area contributed by atoms with Crippen LogP contribution in [0.1, 0.15) is 10.4 Å². The van der Waals surface area contributed by atoms with Gasteiger partial charge in [-0.15, -0.1) is 0 Å². The fourth-order valence-electron chi connectivity index (χ4n) is 1.38. The first-order valence-electron chi connectivity index (χ1n) is 5.04. The zero-order valence-electron chi connectivity index (χ0n) is 9.15. The molecule has 2 rings (SSSR count). The fraction of sp³-hybridized carbons (Fsp3) is 0. The molecule has 0 aliphatic heterocycles. The van der Waals surface area contributed by atoms with Gasteiger partial charge < -0.3 is 11.1 Å². The van der Waals surface area contributed by atoms with Gasteiger partial charge in [-0.05, 0) is 40.2 Å². The first kappa shape index (κ1) is 12.9. The van der Waals surface area contributed by atoms with E-state index in [1.54, 1.807) is 30.5 Å². The highest BCUT2D eigenvalue weighted by Gasteiger charge is 2.11. The number of anilines is 2. The Kier molecular flexibility index (Phi) is 3.84. The second kappa shape index (κ2) is 5.37. The molecule has 0 unspecified atom stereocenters. The monoisotopic (exact) mass is 325 g/mol. The quantitative estimate of drug-likeness (QED) is 0.889. The predicted molar refractivity (Wildman–Crippen MR) is 75.8 cm³/mol. The van der Waals surface area contributed by atoms with Crippen LogP contribution in [-0.2, 0) is 0 Å². The van der Waals surface area contributed by atoms with E-state index in [-0.39, 0.29) is 5.91 Å². The second-order valence-electron chi connectivity index (χ2n) is 3.54. The van der Waals surface area contributed by atoms with Crippen molar-refractivity contribution in [3.05, 3.63) is 51.7 Å². The van der Waals surface area contributed by atoms with Crippen molar-refractivity contribution in [3.8, 4) is 0 Å². The molecule has 92 valence electrons. The minimum Gasteiger partial charge on any atom is -0.396 e. The van der Waals surface area contributed by atoms with Crippen LogP contribution in [0.3, 0.4) is 0 Å². The van der Waals surface area contributed by atoms with Crippen LogP contribution in [0.25, 0.3) is 0 Å². The molecular weight excluding hydrogens is 318 g/mol. The lowest BCUT2D eigenvalue weighted by Crippen LogP contribution is -2.13. The SMILES string of the molecule is Nc1cnccc1NC(=O)c1ccc(Cl)cc1Br. The van der Waals surface area contributed by atoms with Gasteiger partial charge in [0.15, 0.2) is 0 Å². The Morgan fingerprint density at radius 2 is 2.17 bits per heavy atom. The number of aromatic nitrogens is 1. The number of nitrogens with one attached hydrogen (secondary N) is 1. The molecule has 0 spiro atoms. The van der Waals surface area contributed by atoms with E-state index in [1.807, 2.05) is 0 Å². The van der Waals surface area contributed by atoms with E-state index < -0.39 is 0 Å². The molecule has 6 heteroatoms. The minimum atomic E-state index is -0.267. The van der Waals surface area contributed by atoms with Crippen molar-refractivity contribution < 1.29 is 4.79 Å². The molecule has 1 aromatic heterocycles. The van der Waals surface area contributed by atoms with Crippen molar-refractivity contribution in [2.24, 2.45) is 0 Å². The Bertz CT molecular complexity index is 604. The second-order valence-corrected chi connectivity index (χ2v) is 4.83. The van der Waals surface area contributed by atoms with Gasteiger partial charge in [0.2, 0.25) is 0 Å². The fourth-order valence-corrected chi connectivity index (χ4v) is 2.25. The Balaban J connectivity index is 2.25. The normalized spacial score (nSPS) is 10.1. The summed E-state index contributed by atoms with van der Waals surface area (Å²) < 4.78 is 0.625. The summed E-state index contributed by atoms with van der Waals surface area (Å²) in [6.07, 6.45) is 3.04. The molecule has 18 heavy (non-hydrogen) atoms. The average Bonchev–Trinajstić information content (AvgIpc) is 2.32. The van der Waals surface area contributed by atoms with Crippen molar-refractivity contribution in [2.45, 2.75) is 0 Å². The molecule has 0 aliphatic rings.